The van der Waals surface area contributed by atoms with Crippen LogP contribution in [0.2, 0.25) is 0 Å². The standard InChI is InChI=1S/C39H46N2O8/c1-40-13-11-27-22-36(46-5)38(43)39-37(27)35(47-16-15-42)20-25-9-10-31(44-3)33(19-25)48-28-8-6-7-24(17-28)18-30-29-23-34(49-39)32(45-4)21-26(29)12-14-41(30)2/h6-10,17,19,21-23,30,35,40,42-43H,11-16,18,20H2,1-5H3/t30-,35+/m0/s1. The van der Waals surface area contributed by atoms with Crippen molar-refractivity contribution in [2.45, 2.75) is 37.8 Å². The van der Waals surface area contributed by atoms with Crippen LogP contribution in [0, 0.1) is 0 Å². The highest BCUT2D eigenvalue weighted by Crippen LogP contribution is 2.50. The van der Waals surface area contributed by atoms with Crippen molar-refractivity contribution in [3.63, 3.8) is 0 Å². The molecule has 0 fully saturated rings. The molecule has 2 heterocycles. The number of phenols is 1. The summed E-state index contributed by atoms with van der Waals surface area (Å²) in [5.74, 6) is 3.26. The van der Waals surface area contributed by atoms with Crippen LogP contribution >= 0.6 is 0 Å². The Morgan fingerprint density at radius 3 is 2.41 bits per heavy atom. The summed E-state index contributed by atoms with van der Waals surface area (Å²) in [6.45, 7) is 1.44. The minimum absolute atomic E-state index is 0.0472. The Hall–Kier alpha value is -4.48. The Kier molecular flexibility index (Phi) is 10.8. The fourth-order valence-electron chi connectivity index (χ4n) is 6.89. The predicted octanol–water partition coefficient (Wildman–Crippen LogP) is 6.14. The molecular weight excluding hydrogens is 624 g/mol. The van der Waals surface area contributed by atoms with Gasteiger partial charge in [0.1, 0.15) is 5.75 Å². The molecule has 4 aromatic rings. The summed E-state index contributed by atoms with van der Waals surface area (Å²) in [7, 11) is 8.80. The molecule has 0 saturated carbocycles. The lowest BCUT2D eigenvalue weighted by atomic mass is 9.88. The number of hydrogen-bond donors (Lipinski definition) is 3. The van der Waals surface area contributed by atoms with E-state index in [9.17, 15) is 10.2 Å². The predicted molar refractivity (Wildman–Crippen MR) is 187 cm³/mol. The molecule has 10 nitrogen and oxygen atoms in total. The fraction of sp³-hybridized carbons (Fsp3) is 0.385. The van der Waals surface area contributed by atoms with E-state index in [1.807, 2.05) is 55.6 Å². The molecule has 0 saturated heterocycles. The van der Waals surface area contributed by atoms with E-state index in [0.29, 0.717) is 53.7 Å². The molecule has 6 rings (SSSR count). The summed E-state index contributed by atoms with van der Waals surface area (Å²) < 4.78 is 37.0. The Morgan fingerprint density at radius 2 is 1.65 bits per heavy atom. The van der Waals surface area contributed by atoms with Crippen LogP contribution in [0.4, 0.5) is 0 Å². The second kappa shape index (κ2) is 15.4. The van der Waals surface area contributed by atoms with E-state index in [-0.39, 0.29) is 36.5 Å². The molecule has 2 aliphatic rings. The number of rotatable bonds is 9. The first-order valence-corrected chi connectivity index (χ1v) is 16.7. The Balaban J connectivity index is 1.62. The van der Waals surface area contributed by atoms with Gasteiger partial charge in [-0.15, -0.1) is 0 Å². The van der Waals surface area contributed by atoms with Gasteiger partial charge in [-0.1, -0.05) is 18.2 Å². The highest BCUT2D eigenvalue weighted by Gasteiger charge is 2.31. The minimum Gasteiger partial charge on any atom is -0.502 e. The molecule has 0 spiro atoms. The van der Waals surface area contributed by atoms with Gasteiger partial charge >= 0.3 is 0 Å². The van der Waals surface area contributed by atoms with Crippen LogP contribution in [0.25, 0.3) is 0 Å². The smallest absolute Gasteiger partial charge is 0.201 e. The van der Waals surface area contributed by atoms with Gasteiger partial charge in [-0.2, -0.15) is 0 Å². The lowest BCUT2D eigenvalue weighted by molar-refractivity contribution is 0.0262. The minimum atomic E-state index is -0.631. The molecule has 260 valence electrons. The van der Waals surface area contributed by atoms with E-state index in [1.165, 1.54) is 12.7 Å². The Morgan fingerprint density at radius 1 is 0.878 bits per heavy atom. The summed E-state index contributed by atoms with van der Waals surface area (Å²) >= 11 is 0. The molecule has 4 aromatic carbocycles. The van der Waals surface area contributed by atoms with Gasteiger partial charge in [-0.3, -0.25) is 4.90 Å². The van der Waals surface area contributed by atoms with E-state index in [4.69, 9.17) is 28.4 Å². The Bertz CT molecular complexity index is 1780. The van der Waals surface area contributed by atoms with Gasteiger partial charge < -0.3 is 44.0 Å². The van der Waals surface area contributed by atoms with Crippen molar-refractivity contribution in [2.75, 3.05) is 61.7 Å². The molecule has 10 heteroatoms. The maximum absolute atomic E-state index is 11.8. The number of aliphatic hydroxyl groups is 1. The van der Waals surface area contributed by atoms with Crippen LogP contribution in [-0.4, -0.2) is 76.8 Å². The monoisotopic (exact) mass is 670 g/mol. The second-order valence-electron chi connectivity index (χ2n) is 12.5. The van der Waals surface area contributed by atoms with Gasteiger partial charge in [0.2, 0.25) is 5.75 Å². The van der Waals surface area contributed by atoms with Crippen molar-refractivity contribution in [1.29, 1.82) is 0 Å². The molecule has 0 amide bonds. The normalized spacial score (nSPS) is 17.3. The van der Waals surface area contributed by atoms with Crippen molar-refractivity contribution in [1.82, 2.24) is 10.2 Å². The first kappa shape index (κ1) is 34.4. The number of aromatic hydroxyl groups is 1. The van der Waals surface area contributed by atoms with Crippen LogP contribution in [0.1, 0.15) is 45.5 Å². The van der Waals surface area contributed by atoms with E-state index < -0.39 is 6.10 Å². The molecule has 0 aliphatic carbocycles. The lowest BCUT2D eigenvalue weighted by Crippen LogP contribution is -2.33. The average Bonchev–Trinajstić information content (AvgIpc) is 3.11. The van der Waals surface area contributed by atoms with Crippen molar-refractivity contribution < 1.29 is 38.6 Å². The molecule has 3 N–H and O–H groups in total. The fourth-order valence-corrected chi connectivity index (χ4v) is 6.89. The number of methoxy groups -OCH3 is 3. The van der Waals surface area contributed by atoms with E-state index in [2.05, 4.69) is 29.4 Å². The summed E-state index contributed by atoms with van der Waals surface area (Å²) in [4.78, 5) is 2.36. The van der Waals surface area contributed by atoms with Gasteiger partial charge in [0, 0.05) is 24.6 Å². The molecule has 49 heavy (non-hydrogen) atoms. The Labute approximate surface area is 288 Å². The second-order valence-corrected chi connectivity index (χ2v) is 12.5. The topological polar surface area (TPSA) is 111 Å². The number of likely N-dealkylation sites (N-methyl/N-ethyl adjacent to an activating group) is 2. The number of phenolic OH excluding ortho intramolecular Hbond substituents is 1. The van der Waals surface area contributed by atoms with Crippen LogP contribution in [-0.2, 0) is 30.4 Å². The van der Waals surface area contributed by atoms with Crippen molar-refractivity contribution in [2.24, 2.45) is 0 Å². The third-order valence-electron chi connectivity index (χ3n) is 9.41. The number of aliphatic hydroxyl groups excluding tert-OH is 1. The SMILES string of the molecule is CNCCc1cc(OC)c(O)c2c1[C@H](OCCO)Cc1ccc(OC)c(c1)Oc1cccc(c1)C[C@H]1c3cc(c(OC)cc3CCN1C)O2. The molecule has 6 bridgehead atoms. The summed E-state index contributed by atoms with van der Waals surface area (Å²) in [6.07, 6.45) is 1.94. The van der Waals surface area contributed by atoms with Crippen molar-refractivity contribution in [3.8, 4) is 46.0 Å². The van der Waals surface area contributed by atoms with E-state index in [0.717, 1.165) is 41.6 Å². The largest absolute Gasteiger partial charge is 0.502 e. The van der Waals surface area contributed by atoms with Gasteiger partial charge in [-0.05, 0) is 110 Å². The third kappa shape index (κ3) is 7.28. The van der Waals surface area contributed by atoms with E-state index in [1.54, 1.807) is 14.2 Å². The number of nitrogens with zero attached hydrogens (tertiary/aromatic N) is 1. The van der Waals surface area contributed by atoms with Gasteiger partial charge in [0.05, 0.1) is 40.6 Å². The number of benzene rings is 4. The number of nitrogens with one attached hydrogen (secondary N) is 1. The maximum Gasteiger partial charge on any atom is 0.201 e. The molecule has 0 aromatic heterocycles. The zero-order chi connectivity index (χ0) is 34.5. The summed E-state index contributed by atoms with van der Waals surface area (Å²) in [6, 6.07) is 19.9. The number of hydrogen-bond acceptors (Lipinski definition) is 10. The molecule has 2 aliphatic heterocycles. The van der Waals surface area contributed by atoms with Crippen molar-refractivity contribution in [3.05, 3.63) is 94.0 Å². The lowest BCUT2D eigenvalue weighted by Gasteiger charge is -2.35. The molecule has 0 unspecified atom stereocenters. The highest BCUT2D eigenvalue weighted by molar-refractivity contribution is 5.62. The van der Waals surface area contributed by atoms with Crippen LogP contribution in [0.15, 0.2) is 60.7 Å². The third-order valence-corrected chi connectivity index (χ3v) is 9.41. The van der Waals surface area contributed by atoms with Gasteiger partial charge in [0.15, 0.2) is 34.5 Å². The molecular formula is C39H46N2O8. The van der Waals surface area contributed by atoms with Crippen LogP contribution < -0.4 is 29.0 Å². The first-order chi connectivity index (χ1) is 23.9. The first-order valence-electron chi connectivity index (χ1n) is 16.7. The number of fused-ring (bicyclic) bond motifs is 6. The van der Waals surface area contributed by atoms with Crippen LogP contribution in [0.3, 0.4) is 0 Å². The zero-order valence-electron chi connectivity index (χ0n) is 28.9. The molecule has 0 radical (unpaired) electrons. The summed E-state index contributed by atoms with van der Waals surface area (Å²) in [5, 5.41) is 24.9. The van der Waals surface area contributed by atoms with Crippen molar-refractivity contribution >= 4 is 0 Å². The number of ether oxygens (including phenoxy) is 6. The molecule has 2 atom stereocenters. The van der Waals surface area contributed by atoms with Crippen LogP contribution in [0.5, 0.6) is 46.0 Å². The van der Waals surface area contributed by atoms with Gasteiger partial charge in [-0.25, -0.2) is 0 Å². The van der Waals surface area contributed by atoms with E-state index >= 15 is 0 Å². The quantitative estimate of drug-likeness (QED) is 0.192. The maximum atomic E-state index is 11.8. The summed E-state index contributed by atoms with van der Waals surface area (Å²) in [5.41, 5.74) is 5.87. The zero-order valence-corrected chi connectivity index (χ0v) is 28.9. The highest BCUT2D eigenvalue weighted by atomic mass is 16.5. The average molecular weight is 671 g/mol. The van der Waals surface area contributed by atoms with Gasteiger partial charge in [0.25, 0.3) is 0 Å².